The van der Waals surface area contributed by atoms with Crippen LogP contribution in [0.4, 0.5) is 5.82 Å². The van der Waals surface area contributed by atoms with E-state index in [-0.39, 0.29) is 18.1 Å². The number of nitrogens with zero attached hydrogens (tertiary/aromatic N) is 5. The molecule has 2 heterocycles. The molecule has 0 atom stereocenters. The molecule has 0 aliphatic heterocycles. The highest BCUT2D eigenvalue weighted by Crippen LogP contribution is 2.13. The fourth-order valence-electron chi connectivity index (χ4n) is 1.26. The van der Waals surface area contributed by atoms with Gasteiger partial charge in [-0.05, 0) is 4.92 Å². The Morgan fingerprint density at radius 1 is 1.61 bits per heavy atom. The lowest BCUT2D eigenvalue weighted by Crippen LogP contribution is -2.05. The van der Waals surface area contributed by atoms with Gasteiger partial charge in [-0.2, -0.15) is 0 Å². The number of Topliss-reactive ketones (excluding diaryl/α,β-unsaturated/α-hetero) is 1. The second-order valence-electron chi connectivity index (χ2n) is 3.39. The third-order valence-electron chi connectivity index (χ3n) is 2.15. The quantitative estimate of drug-likeness (QED) is 0.459. The predicted octanol–water partition coefficient (Wildman–Crippen LogP) is 1.28. The van der Waals surface area contributed by atoms with Crippen molar-refractivity contribution in [3.05, 3.63) is 32.4 Å². The van der Waals surface area contributed by atoms with E-state index in [4.69, 9.17) is 0 Å². The average molecular weight is 267 g/mol. The molecule has 0 N–H and O–H groups in total. The van der Waals surface area contributed by atoms with Crippen molar-refractivity contribution in [1.29, 1.82) is 0 Å². The fourth-order valence-corrected chi connectivity index (χ4v) is 2.03. The lowest BCUT2D eigenvalue weighted by Gasteiger charge is -1.90. The standard InChI is InChI=1S/C9H9N5O3S/c1-2-7(15)6-5-18-9(11-6)4-13-10-3-8(12-13)14(16)17/h3,5H,2,4H2,1H3. The van der Waals surface area contributed by atoms with Crippen molar-refractivity contribution in [2.45, 2.75) is 19.9 Å². The Morgan fingerprint density at radius 3 is 3.00 bits per heavy atom. The monoisotopic (exact) mass is 267 g/mol. The molecule has 0 saturated carbocycles. The van der Waals surface area contributed by atoms with Gasteiger partial charge < -0.3 is 10.1 Å². The third kappa shape index (κ3) is 2.56. The minimum atomic E-state index is -0.614. The molecule has 94 valence electrons. The number of carbonyl (C=O) groups is 1. The molecule has 8 nitrogen and oxygen atoms in total. The van der Waals surface area contributed by atoms with E-state index >= 15 is 0 Å². The molecule has 0 saturated heterocycles. The zero-order chi connectivity index (χ0) is 13.1. The van der Waals surface area contributed by atoms with Crippen molar-refractivity contribution in [1.82, 2.24) is 20.0 Å². The molecule has 0 aliphatic carbocycles. The number of aromatic nitrogens is 4. The first-order chi connectivity index (χ1) is 8.60. The molecule has 2 aromatic rings. The highest BCUT2D eigenvalue weighted by Gasteiger charge is 2.15. The van der Waals surface area contributed by atoms with E-state index in [1.54, 1.807) is 12.3 Å². The van der Waals surface area contributed by atoms with Crippen LogP contribution in [-0.2, 0) is 6.54 Å². The summed E-state index contributed by atoms with van der Waals surface area (Å²) in [6, 6.07) is 0. The second-order valence-corrected chi connectivity index (χ2v) is 4.34. The van der Waals surface area contributed by atoms with Gasteiger partial charge >= 0.3 is 5.82 Å². The molecule has 2 aromatic heterocycles. The fraction of sp³-hybridized carbons (Fsp3) is 0.333. The topological polar surface area (TPSA) is 104 Å². The summed E-state index contributed by atoms with van der Waals surface area (Å²) in [4.78, 5) is 26.5. The zero-order valence-electron chi connectivity index (χ0n) is 9.44. The first kappa shape index (κ1) is 12.3. The Bertz CT molecular complexity index is 591. The molecule has 0 amide bonds. The van der Waals surface area contributed by atoms with E-state index in [9.17, 15) is 14.9 Å². The van der Waals surface area contributed by atoms with E-state index in [0.29, 0.717) is 17.1 Å². The van der Waals surface area contributed by atoms with Gasteiger partial charge in [-0.25, -0.2) is 4.98 Å². The molecule has 2 rings (SSSR count). The van der Waals surface area contributed by atoms with Crippen LogP contribution >= 0.6 is 11.3 Å². The number of ketones is 1. The lowest BCUT2D eigenvalue weighted by molar-refractivity contribution is -0.389. The number of thiazole rings is 1. The Labute approximate surface area is 105 Å². The number of carbonyl (C=O) groups excluding carboxylic acids is 1. The van der Waals surface area contributed by atoms with E-state index < -0.39 is 4.92 Å². The summed E-state index contributed by atoms with van der Waals surface area (Å²) in [6.45, 7) is 1.98. The van der Waals surface area contributed by atoms with E-state index in [1.807, 2.05) is 0 Å². The number of nitro groups is 1. The summed E-state index contributed by atoms with van der Waals surface area (Å²) in [5, 5.41) is 20.2. The molecular formula is C9H9N5O3S. The minimum absolute atomic E-state index is 0.0306. The summed E-state index contributed by atoms with van der Waals surface area (Å²) < 4.78 is 0. The van der Waals surface area contributed by atoms with Gasteiger partial charge in [-0.3, -0.25) is 4.79 Å². The largest absolute Gasteiger partial charge is 0.410 e. The van der Waals surface area contributed by atoms with Crippen molar-refractivity contribution in [2.75, 3.05) is 0 Å². The van der Waals surface area contributed by atoms with Gasteiger partial charge in [0.2, 0.25) is 0 Å². The molecule has 9 heteroatoms. The van der Waals surface area contributed by atoms with Crippen LogP contribution in [0.5, 0.6) is 0 Å². The Hall–Kier alpha value is -2.16. The molecule has 0 spiro atoms. The first-order valence-electron chi connectivity index (χ1n) is 5.12. The van der Waals surface area contributed by atoms with Crippen LogP contribution in [0.15, 0.2) is 11.6 Å². The lowest BCUT2D eigenvalue weighted by atomic mass is 10.2. The molecule has 18 heavy (non-hydrogen) atoms. The Balaban J connectivity index is 2.11. The highest BCUT2D eigenvalue weighted by atomic mass is 32.1. The van der Waals surface area contributed by atoms with E-state index in [1.165, 1.54) is 16.1 Å². The van der Waals surface area contributed by atoms with Gasteiger partial charge in [0.25, 0.3) is 0 Å². The van der Waals surface area contributed by atoms with E-state index in [0.717, 1.165) is 6.20 Å². The molecular weight excluding hydrogens is 258 g/mol. The maximum Gasteiger partial charge on any atom is 0.410 e. The number of hydrogen-bond acceptors (Lipinski definition) is 7. The van der Waals surface area contributed by atoms with Crippen LogP contribution in [0, 0.1) is 10.1 Å². The van der Waals surface area contributed by atoms with Gasteiger partial charge in [0.15, 0.2) is 12.0 Å². The summed E-state index contributed by atoms with van der Waals surface area (Å²) in [6.07, 6.45) is 1.47. The van der Waals surface area contributed by atoms with Crippen molar-refractivity contribution in [3.8, 4) is 0 Å². The molecule has 0 radical (unpaired) electrons. The molecule has 0 aromatic carbocycles. The normalized spacial score (nSPS) is 10.5. The van der Waals surface area contributed by atoms with Gasteiger partial charge in [-0.15, -0.1) is 16.4 Å². The van der Waals surface area contributed by atoms with Crippen molar-refractivity contribution >= 4 is 22.9 Å². The summed E-state index contributed by atoms with van der Waals surface area (Å²) in [5.41, 5.74) is 0.416. The number of hydrogen-bond donors (Lipinski definition) is 0. The summed E-state index contributed by atoms with van der Waals surface area (Å²) in [5.74, 6) is -0.340. The van der Waals surface area contributed by atoms with Gasteiger partial charge in [0.1, 0.15) is 17.2 Å². The Kier molecular flexibility index (Phi) is 3.42. The van der Waals surface area contributed by atoms with Crippen molar-refractivity contribution in [3.63, 3.8) is 0 Å². The Morgan fingerprint density at radius 2 is 2.39 bits per heavy atom. The summed E-state index contributed by atoms with van der Waals surface area (Å²) >= 11 is 1.30. The van der Waals surface area contributed by atoms with Crippen LogP contribution in [0.2, 0.25) is 0 Å². The second kappa shape index (κ2) is 5.00. The molecule has 0 bridgehead atoms. The SMILES string of the molecule is CCC(=O)c1csc(Cn2ncc([N+](=O)[O-])n2)n1. The summed E-state index contributed by atoms with van der Waals surface area (Å²) in [7, 11) is 0. The smallest absolute Gasteiger partial charge is 0.358 e. The van der Waals surface area contributed by atoms with Crippen LogP contribution in [-0.4, -0.2) is 30.7 Å². The maximum atomic E-state index is 11.4. The zero-order valence-corrected chi connectivity index (χ0v) is 10.3. The van der Waals surface area contributed by atoms with Crippen LogP contribution in [0.1, 0.15) is 28.8 Å². The predicted molar refractivity (Wildman–Crippen MR) is 62.5 cm³/mol. The first-order valence-corrected chi connectivity index (χ1v) is 6.00. The third-order valence-corrected chi connectivity index (χ3v) is 2.98. The van der Waals surface area contributed by atoms with Gasteiger partial charge in [0, 0.05) is 11.8 Å². The van der Waals surface area contributed by atoms with Crippen LogP contribution in [0.3, 0.4) is 0 Å². The van der Waals surface area contributed by atoms with Crippen molar-refractivity contribution < 1.29 is 9.72 Å². The maximum absolute atomic E-state index is 11.4. The molecule has 0 fully saturated rings. The minimum Gasteiger partial charge on any atom is -0.358 e. The van der Waals surface area contributed by atoms with Crippen LogP contribution in [0.25, 0.3) is 0 Å². The van der Waals surface area contributed by atoms with E-state index in [2.05, 4.69) is 15.2 Å². The average Bonchev–Trinajstić information content (AvgIpc) is 2.98. The molecule has 0 unspecified atom stereocenters. The van der Waals surface area contributed by atoms with Gasteiger partial charge in [-0.1, -0.05) is 11.7 Å². The van der Waals surface area contributed by atoms with Gasteiger partial charge in [0.05, 0.1) is 5.10 Å². The number of rotatable bonds is 5. The van der Waals surface area contributed by atoms with Crippen LogP contribution < -0.4 is 0 Å². The van der Waals surface area contributed by atoms with Crippen molar-refractivity contribution in [2.24, 2.45) is 0 Å². The highest BCUT2D eigenvalue weighted by molar-refractivity contribution is 7.09. The molecule has 0 aliphatic rings.